The molecule has 98 valence electrons. The molecule has 5 nitrogen and oxygen atoms in total. The van der Waals surface area contributed by atoms with Crippen molar-refractivity contribution in [2.24, 2.45) is 0 Å². The minimum absolute atomic E-state index is 0.248. The summed E-state index contributed by atoms with van der Waals surface area (Å²) >= 11 is 5.23. The van der Waals surface area contributed by atoms with Gasteiger partial charge in [0, 0.05) is 32.0 Å². The van der Waals surface area contributed by atoms with Gasteiger partial charge in [0.05, 0.1) is 0 Å². The molecule has 0 atom stereocenters. The Morgan fingerprint density at radius 1 is 1.39 bits per heavy atom. The number of aromatic amines is 1. The highest BCUT2D eigenvalue weighted by Gasteiger charge is 2.29. The fraction of sp³-hybridized carbons (Fsp3) is 0.750. The smallest absolute Gasteiger partial charge is 0.224 e. The molecule has 2 fully saturated rings. The summed E-state index contributed by atoms with van der Waals surface area (Å²) in [7, 11) is 0. The molecule has 6 heteroatoms. The van der Waals surface area contributed by atoms with Crippen LogP contribution in [-0.4, -0.2) is 38.7 Å². The molecule has 1 aromatic heterocycles. The first kappa shape index (κ1) is 11.9. The van der Waals surface area contributed by atoms with Crippen molar-refractivity contribution in [1.82, 2.24) is 19.7 Å². The van der Waals surface area contributed by atoms with Crippen LogP contribution >= 0.6 is 12.2 Å². The molecule has 18 heavy (non-hydrogen) atoms. The number of H-pyrrole nitrogens is 1. The average Bonchev–Trinajstić information content (AvgIpc) is 2.92. The fourth-order valence-electron chi connectivity index (χ4n) is 2.53. The number of nitrogens with zero attached hydrogens (tertiary/aromatic N) is 3. The van der Waals surface area contributed by atoms with Gasteiger partial charge in [0.2, 0.25) is 5.91 Å². The Hall–Kier alpha value is -1.17. The van der Waals surface area contributed by atoms with E-state index in [1.54, 1.807) is 0 Å². The summed E-state index contributed by atoms with van der Waals surface area (Å²) in [6, 6.07) is 0. The first-order chi connectivity index (χ1) is 8.75. The van der Waals surface area contributed by atoms with Crippen molar-refractivity contribution in [3.63, 3.8) is 0 Å². The molecule has 0 bridgehead atoms. The van der Waals surface area contributed by atoms with E-state index in [-0.39, 0.29) is 5.91 Å². The van der Waals surface area contributed by atoms with Gasteiger partial charge in [0.1, 0.15) is 5.82 Å². The quantitative estimate of drug-likeness (QED) is 0.846. The van der Waals surface area contributed by atoms with Gasteiger partial charge in [-0.15, -0.1) is 0 Å². The van der Waals surface area contributed by atoms with Crippen LogP contribution in [0.3, 0.4) is 0 Å². The van der Waals surface area contributed by atoms with Crippen LogP contribution in [-0.2, 0) is 11.3 Å². The minimum Gasteiger partial charge on any atom is -0.343 e. The summed E-state index contributed by atoms with van der Waals surface area (Å²) in [5, 5.41) is 7.12. The molecule has 0 unspecified atom stereocenters. The maximum absolute atomic E-state index is 12.0. The van der Waals surface area contributed by atoms with Gasteiger partial charge < -0.3 is 9.47 Å². The summed E-state index contributed by atoms with van der Waals surface area (Å²) in [5.74, 6) is 1.84. The zero-order valence-electron chi connectivity index (χ0n) is 10.4. The lowest BCUT2D eigenvalue weighted by Gasteiger charge is -2.15. The molecule has 2 aliphatic rings. The topological polar surface area (TPSA) is 53.9 Å². The van der Waals surface area contributed by atoms with E-state index >= 15 is 0 Å². The molecule has 0 radical (unpaired) electrons. The van der Waals surface area contributed by atoms with Crippen molar-refractivity contribution in [3.05, 3.63) is 10.6 Å². The van der Waals surface area contributed by atoms with Crippen molar-refractivity contribution in [3.8, 4) is 0 Å². The molecule has 1 aliphatic carbocycles. The van der Waals surface area contributed by atoms with Crippen LogP contribution in [0.25, 0.3) is 0 Å². The number of nitrogens with one attached hydrogen (secondary N) is 1. The number of carbonyl (C=O) groups excluding carboxylic acids is 1. The van der Waals surface area contributed by atoms with E-state index in [1.807, 2.05) is 9.47 Å². The summed E-state index contributed by atoms with van der Waals surface area (Å²) in [6.07, 6.45) is 5.21. The maximum Gasteiger partial charge on any atom is 0.224 e. The van der Waals surface area contributed by atoms with E-state index in [0.29, 0.717) is 23.7 Å². The van der Waals surface area contributed by atoms with E-state index < -0.39 is 0 Å². The Balaban J connectivity index is 1.64. The second-order valence-electron chi connectivity index (χ2n) is 5.15. The number of rotatable bonds is 4. The van der Waals surface area contributed by atoms with E-state index in [1.165, 1.54) is 12.8 Å². The summed E-state index contributed by atoms with van der Waals surface area (Å²) in [6.45, 7) is 2.51. The van der Waals surface area contributed by atoms with E-state index in [0.717, 1.165) is 31.8 Å². The number of amides is 1. The van der Waals surface area contributed by atoms with Gasteiger partial charge in [-0.05, 0) is 37.9 Å². The lowest BCUT2D eigenvalue weighted by molar-refractivity contribution is -0.130. The summed E-state index contributed by atoms with van der Waals surface area (Å²) in [4.78, 5) is 14.0. The van der Waals surface area contributed by atoms with Crippen LogP contribution in [0.15, 0.2) is 0 Å². The molecule has 0 spiro atoms. The number of carbonyl (C=O) groups is 1. The Kier molecular flexibility index (Phi) is 3.20. The summed E-state index contributed by atoms with van der Waals surface area (Å²) < 4.78 is 2.65. The van der Waals surface area contributed by atoms with Crippen LogP contribution in [0.5, 0.6) is 0 Å². The molecule has 1 N–H and O–H groups in total. The Morgan fingerprint density at radius 3 is 2.78 bits per heavy atom. The number of aromatic nitrogens is 3. The standard InChI is InChI=1S/C12H18N4OS/c17-10(15-6-1-2-7-15)5-8-16-11(9-3-4-9)13-14-12(16)18/h9H,1-8H2,(H,14,18). The highest BCUT2D eigenvalue weighted by molar-refractivity contribution is 7.71. The molecular weight excluding hydrogens is 248 g/mol. The van der Waals surface area contributed by atoms with Crippen LogP contribution in [0.1, 0.15) is 43.8 Å². The lowest BCUT2D eigenvalue weighted by Crippen LogP contribution is -2.28. The van der Waals surface area contributed by atoms with E-state index in [2.05, 4.69) is 10.2 Å². The fourth-order valence-corrected chi connectivity index (χ4v) is 2.76. The van der Waals surface area contributed by atoms with Crippen LogP contribution < -0.4 is 0 Å². The summed E-state index contributed by atoms with van der Waals surface area (Å²) in [5.41, 5.74) is 0. The van der Waals surface area contributed by atoms with E-state index in [9.17, 15) is 4.79 Å². The monoisotopic (exact) mass is 266 g/mol. The van der Waals surface area contributed by atoms with Crippen molar-refractivity contribution >= 4 is 18.1 Å². The molecule has 3 rings (SSSR count). The first-order valence-electron chi connectivity index (χ1n) is 6.68. The molecular formula is C12H18N4OS. The van der Waals surface area contributed by atoms with Crippen molar-refractivity contribution < 1.29 is 4.79 Å². The first-order valence-corrected chi connectivity index (χ1v) is 7.09. The Bertz CT molecular complexity index is 496. The predicted octanol–water partition coefficient (Wildman–Crippen LogP) is 1.83. The molecule has 2 heterocycles. The lowest BCUT2D eigenvalue weighted by atomic mass is 10.3. The van der Waals surface area contributed by atoms with Gasteiger partial charge in [-0.2, -0.15) is 5.10 Å². The number of hydrogen-bond donors (Lipinski definition) is 1. The normalized spacial score (nSPS) is 19.4. The SMILES string of the molecule is O=C(CCn1c(C2CC2)n[nH]c1=S)N1CCCC1. The molecule has 1 aliphatic heterocycles. The molecule has 1 aromatic rings. The van der Waals surface area contributed by atoms with Gasteiger partial charge in [0.25, 0.3) is 0 Å². The molecule has 0 aromatic carbocycles. The highest BCUT2D eigenvalue weighted by Crippen LogP contribution is 2.38. The van der Waals surface area contributed by atoms with Crippen molar-refractivity contribution in [1.29, 1.82) is 0 Å². The second-order valence-corrected chi connectivity index (χ2v) is 5.54. The van der Waals surface area contributed by atoms with Crippen LogP contribution in [0.2, 0.25) is 0 Å². The van der Waals surface area contributed by atoms with Crippen molar-refractivity contribution in [2.75, 3.05) is 13.1 Å². The third kappa shape index (κ3) is 2.34. The number of hydrogen-bond acceptors (Lipinski definition) is 3. The second kappa shape index (κ2) is 4.84. The van der Waals surface area contributed by atoms with Gasteiger partial charge in [0.15, 0.2) is 4.77 Å². The van der Waals surface area contributed by atoms with Gasteiger partial charge in [-0.25, -0.2) is 0 Å². The Labute approximate surface area is 111 Å². The molecule has 1 amide bonds. The van der Waals surface area contributed by atoms with Crippen molar-refractivity contribution in [2.45, 2.75) is 44.6 Å². The molecule has 1 saturated heterocycles. The number of likely N-dealkylation sites (tertiary alicyclic amines) is 1. The van der Waals surface area contributed by atoms with Gasteiger partial charge in [-0.1, -0.05) is 0 Å². The zero-order valence-corrected chi connectivity index (χ0v) is 11.2. The minimum atomic E-state index is 0.248. The van der Waals surface area contributed by atoms with E-state index in [4.69, 9.17) is 12.2 Å². The molecule has 1 saturated carbocycles. The predicted molar refractivity (Wildman–Crippen MR) is 69.8 cm³/mol. The van der Waals surface area contributed by atoms with Gasteiger partial charge in [-0.3, -0.25) is 9.89 Å². The maximum atomic E-state index is 12.0. The largest absolute Gasteiger partial charge is 0.343 e. The Morgan fingerprint density at radius 2 is 2.11 bits per heavy atom. The van der Waals surface area contributed by atoms with Crippen LogP contribution in [0, 0.1) is 4.77 Å². The van der Waals surface area contributed by atoms with Gasteiger partial charge >= 0.3 is 0 Å². The highest BCUT2D eigenvalue weighted by atomic mass is 32.1. The average molecular weight is 266 g/mol. The zero-order chi connectivity index (χ0) is 12.5. The van der Waals surface area contributed by atoms with Crippen LogP contribution in [0.4, 0.5) is 0 Å². The third-order valence-electron chi connectivity index (χ3n) is 3.74. The third-order valence-corrected chi connectivity index (χ3v) is 4.05.